The average molecular weight is 262 g/mol. The lowest BCUT2D eigenvalue weighted by Gasteiger charge is -1.53. The van der Waals surface area contributed by atoms with E-state index in [1.807, 2.05) is 69.2 Å². The fourth-order valence-corrected chi connectivity index (χ4v) is 0. The highest BCUT2D eigenvalue weighted by Gasteiger charge is 1.33. The summed E-state index contributed by atoms with van der Waals surface area (Å²) in [6.07, 6.45) is 0. The van der Waals surface area contributed by atoms with Gasteiger partial charge >= 0.3 is 0 Å². The Labute approximate surface area is 113 Å². The largest absolute Gasteiger partial charge is 0.344 e. The zero-order valence-electron chi connectivity index (χ0n) is 14.7. The molecule has 13 N–H and O–H groups in total. The van der Waals surface area contributed by atoms with Crippen LogP contribution >= 0.6 is 0 Å². The van der Waals surface area contributed by atoms with Crippen LogP contribution in [-0.4, -0.2) is 13.1 Å². The molecule has 0 saturated heterocycles. The van der Waals surface area contributed by atoms with E-state index in [2.05, 4.69) is 0 Å². The summed E-state index contributed by atoms with van der Waals surface area (Å²) in [6.45, 7) is 21.3. The Kier molecular flexibility index (Phi) is 4330. The predicted molar refractivity (Wildman–Crippen MR) is 89.9 cm³/mol. The zero-order valence-corrected chi connectivity index (χ0v) is 14.7. The second-order valence-corrected chi connectivity index (χ2v) is 0.816. The number of rotatable bonds is 0. The van der Waals surface area contributed by atoms with Gasteiger partial charge in [0.2, 0.25) is 0 Å². The lowest BCUT2D eigenvalue weighted by atomic mass is 10.8. The highest BCUT2D eigenvalue weighted by Crippen LogP contribution is 1.20. The van der Waals surface area contributed by atoms with E-state index in [0.717, 1.165) is 13.1 Å². The van der Waals surface area contributed by atoms with Gasteiger partial charge in [-0.2, -0.15) is 0 Å². The summed E-state index contributed by atoms with van der Waals surface area (Å²) in [5.41, 5.74) is 9.69. The molecule has 0 unspecified atom stereocenters. The highest BCUT2D eigenvalue weighted by atomic mass is 14.5. The van der Waals surface area contributed by atoms with Gasteiger partial charge in [-0.1, -0.05) is 69.2 Å². The van der Waals surface area contributed by atoms with E-state index in [-0.39, 0.29) is 18.5 Å². The van der Waals surface area contributed by atoms with Crippen molar-refractivity contribution in [1.29, 1.82) is 0 Å². The Hall–Kier alpha value is -0.200. The van der Waals surface area contributed by atoms with Crippen LogP contribution in [0.2, 0.25) is 0 Å². The summed E-state index contributed by atoms with van der Waals surface area (Å²) in [7, 11) is 0. The van der Waals surface area contributed by atoms with Crippen LogP contribution in [0.1, 0.15) is 69.2 Å². The standard InChI is InChI=1S/2C2H7N.4C2H6.3H3N/c2*1-2-3;4*1-2;;;/h2*2-3H2,1H3;4*1-2H3;3*1H3. The van der Waals surface area contributed by atoms with Crippen LogP contribution in [0.5, 0.6) is 0 Å². The van der Waals surface area contributed by atoms with Crippen molar-refractivity contribution in [2.75, 3.05) is 13.1 Å². The first-order valence-electron chi connectivity index (χ1n) is 6.23. The van der Waals surface area contributed by atoms with E-state index in [1.165, 1.54) is 0 Å². The number of nitrogens with two attached hydrogens (primary N) is 2. The van der Waals surface area contributed by atoms with Gasteiger partial charge in [-0.05, 0) is 13.1 Å². The molecule has 0 spiro atoms. The van der Waals surface area contributed by atoms with Gasteiger partial charge in [0, 0.05) is 0 Å². The highest BCUT2D eigenvalue weighted by molar-refractivity contribution is 4.00. The van der Waals surface area contributed by atoms with E-state index in [9.17, 15) is 0 Å². The van der Waals surface area contributed by atoms with Crippen molar-refractivity contribution in [3.05, 3.63) is 0 Å². The van der Waals surface area contributed by atoms with Gasteiger partial charge in [0.15, 0.2) is 0 Å². The van der Waals surface area contributed by atoms with Gasteiger partial charge in [-0.15, -0.1) is 0 Å². The summed E-state index contributed by atoms with van der Waals surface area (Å²) >= 11 is 0. The van der Waals surface area contributed by atoms with Crippen molar-refractivity contribution in [3.8, 4) is 0 Å². The molecule has 0 atom stereocenters. The molecule has 5 heteroatoms. The van der Waals surface area contributed by atoms with Gasteiger partial charge in [0.25, 0.3) is 0 Å². The molecule has 0 bridgehead atoms. The Balaban J connectivity index is -0.00000000631. The molecule has 0 rings (SSSR count). The van der Waals surface area contributed by atoms with Crippen molar-refractivity contribution in [2.24, 2.45) is 11.5 Å². The van der Waals surface area contributed by atoms with Crippen molar-refractivity contribution in [3.63, 3.8) is 0 Å². The predicted octanol–water partition coefficient (Wildman–Crippen LogP) is 4.52. The topological polar surface area (TPSA) is 157 Å². The van der Waals surface area contributed by atoms with Crippen molar-refractivity contribution >= 4 is 0 Å². The van der Waals surface area contributed by atoms with Crippen LogP contribution < -0.4 is 29.9 Å². The van der Waals surface area contributed by atoms with E-state index in [1.54, 1.807) is 0 Å². The zero-order chi connectivity index (χ0) is 13.4. The molecule has 120 valence electrons. The molecule has 0 heterocycles. The van der Waals surface area contributed by atoms with Crippen LogP contribution in [-0.2, 0) is 0 Å². The Morgan fingerprint density at radius 2 is 0.471 bits per heavy atom. The minimum atomic E-state index is 0. The fraction of sp³-hybridized carbons (Fsp3) is 1.00. The quantitative estimate of drug-likeness (QED) is 0.433. The lowest BCUT2D eigenvalue weighted by Crippen LogP contribution is -1.87. The summed E-state index contributed by atoms with van der Waals surface area (Å²) in [6, 6.07) is 0. The molecule has 0 aromatic rings. The lowest BCUT2D eigenvalue weighted by molar-refractivity contribution is 1.14. The molecule has 17 heavy (non-hydrogen) atoms. The van der Waals surface area contributed by atoms with E-state index in [4.69, 9.17) is 11.5 Å². The van der Waals surface area contributed by atoms with Crippen LogP contribution in [0, 0.1) is 0 Å². The summed E-state index contributed by atoms with van der Waals surface area (Å²) in [4.78, 5) is 0. The number of hydrogen-bond donors (Lipinski definition) is 5. The van der Waals surface area contributed by atoms with Crippen molar-refractivity contribution < 1.29 is 0 Å². The van der Waals surface area contributed by atoms with Crippen LogP contribution in [0.25, 0.3) is 0 Å². The van der Waals surface area contributed by atoms with Gasteiger partial charge in [-0.25, -0.2) is 0 Å². The monoisotopic (exact) mass is 261 g/mol. The second kappa shape index (κ2) is 1070. The van der Waals surface area contributed by atoms with E-state index in [0.29, 0.717) is 0 Å². The van der Waals surface area contributed by atoms with E-state index < -0.39 is 0 Å². The third kappa shape index (κ3) is 75200. The Morgan fingerprint density at radius 1 is 0.471 bits per heavy atom. The first-order valence-corrected chi connectivity index (χ1v) is 6.23. The molecule has 0 aliphatic carbocycles. The smallest absolute Gasteiger partial charge is 0.0106 e. The molecule has 0 fully saturated rings. The third-order valence-corrected chi connectivity index (χ3v) is 0. The van der Waals surface area contributed by atoms with Crippen LogP contribution in [0.4, 0.5) is 0 Å². The molecule has 0 aliphatic rings. The molecule has 0 amide bonds. The second-order valence-electron chi connectivity index (χ2n) is 0.816. The first kappa shape index (κ1) is 68.9. The van der Waals surface area contributed by atoms with Crippen molar-refractivity contribution in [1.82, 2.24) is 18.5 Å². The molecule has 0 radical (unpaired) electrons. The van der Waals surface area contributed by atoms with Gasteiger partial charge in [0.1, 0.15) is 0 Å². The molecular formula is C12H47N5. The van der Waals surface area contributed by atoms with Crippen LogP contribution in [0.15, 0.2) is 0 Å². The summed E-state index contributed by atoms with van der Waals surface area (Å²) in [5, 5.41) is 0. The van der Waals surface area contributed by atoms with E-state index >= 15 is 0 Å². The molecule has 0 aromatic carbocycles. The summed E-state index contributed by atoms with van der Waals surface area (Å²) in [5.74, 6) is 0. The Bertz CT molecular complexity index is 16.9. The minimum Gasteiger partial charge on any atom is -0.344 e. The molecule has 0 saturated carbocycles. The fourth-order valence-electron chi connectivity index (χ4n) is 0. The molecule has 0 aliphatic heterocycles. The minimum absolute atomic E-state index is 0. The summed E-state index contributed by atoms with van der Waals surface area (Å²) < 4.78 is 0. The van der Waals surface area contributed by atoms with Gasteiger partial charge < -0.3 is 29.9 Å². The SMILES string of the molecule is CC.CC.CC.CC.CCN.CCN.N.N.N. The molecular weight excluding hydrogens is 214 g/mol. The molecule has 0 aromatic heterocycles. The normalized spacial score (nSPS) is 3.53. The third-order valence-electron chi connectivity index (χ3n) is 0. The average Bonchev–Trinajstić information content (AvgIpc) is 2.31. The Morgan fingerprint density at radius 3 is 0.471 bits per heavy atom. The molecule has 5 nitrogen and oxygen atoms in total. The maximum Gasteiger partial charge on any atom is -0.0106 e. The first-order chi connectivity index (χ1) is 6.83. The van der Waals surface area contributed by atoms with Crippen LogP contribution in [0.3, 0.4) is 0 Å². The van der Waals surface area contributed by atoms with Gasteiger partial charge in [0.05, 0.1) is 0 Å². The number of hydrogen-bond acceptors (Lipinski definition) is 5. The van der Waals surface area contributed by atoms with Crippen molar-refractivity contribution in [2.45, 2.75) is 69.2 Å². The maximum absolute atomic E-state index is 4.85. The van der Waals surface area contributed by atoms with Gasteiger partial charge in [-0.3, -0.25) is 0 Å². The maximum atomic E-state index is 4.85.